The van der Waals surface area contributed by atoms with Crippen molar-refractivity contribution in [2.24, 2.45) is 0 Å². The van der Waals surface area contributed by atoms with Crippen molar-refractivity contribution in [3.63, 3.8) is 0 Å². The van der Waals surface area contributed by atoms with Crippen molar-refractivity contribution in [2.75, 3.05) is 21.4 Å². The summed E-state index contributed by atoms with van der Waals surface area (Å²) in [6, 6.07) is 80.3. The fraction of sp³-hybridized carbons (Fsp3) is 0.0690. The Labute approximate surface area is 364 Å². The number of rotatable bonds is 9. The molecule has 0 amide bonds. The fourth-order valence-corrected chi connectivity index (χ4v) is 9.61. The van der Waals surface area contributed by atoms with Gasteiger partial charge in [0.15, 0.2) is 0 Å². The van der Waals surface area contributed by atoms with Gasteiger partial charge in [-0.15, -0.1) is 0 Å². The minimum Gasteiger partial charge on any atom is -0.457 e. The van der Waals surface area contributed by atoms with Gasteiger partial charge < -0.3 is 19.4 Å². The van der Waals surface area contributed by atoms with Gasteiger partial charge in [-0.1, -0.05) is 159 Å². The number of nitrogens with zero attached hydrogens (tertiary/aromatic N) is 3. The first-order chi connectivity index (χ1) is 30.5. The van der Waals surface area contributed by atoms with Crippen LogP contribution in [-0.2, 0) is 5.41 Å². The molecule has 0 N–H and O–H groups in total. The van der Waals surface area contributed by atoms with Crippen LogP contribution in [0.4, 0.5) is 39.8 Å². The Morgan fingerprint density at radius 2 is 1.00 bits per heavy atom. The molecule has 1 aliphatic carbocycles. The molecular weight excluding hydrogens is 755 g/mol. The number of hydrogen-bond acceptors (Lipinski definition) is 4. The molecule has 4 heteroatoms. The number of para-hydroxylation sites is 4. The second-order valence-corrected chi connectivity index (χ2v) is 16.6. The first-order valence-corrected chi connectivity index (χ1v) is 21.4. The summed E-state index contributed by atoms with van der Waals surface area (Å²) in [6.07, 6.45) is 0. The second-order valence-electron chi connectivity index (χ2n) is 16.6. The Morgan fingerprint density at radius 3 is 1.74 bits per heavy atom. The Kier molecular flexibility index (Phi) is 9.20. The first kappa shape index (κ1) is 37.2. The molecule has 0 radical (unpaired) electrons. The Bertz CT molecular complexity index is 3060. The average molecular weight is 800 g/mol. The van der Waals surface area contributed by atoms with Crippen molar-refractivity contribution in [2.45, 2.75) is 19.3 Å². The molecule has 62 heavy (non-hydrogen) atoms. The van der Waals surface area contributed by atoms with Gasteiger partial charge in [-0.25, -0.2) is 0 Å². The molecule has 0 saturated heterocycles. The maximum atomic E-state index is 6.54. The van der Waals surface area contributed by atoms with Crippen LogP contribution in [0, 0.1) is 0 Å². The lowest BCUT2D eigenvalue weighted by molar-refractivity contribution is 0.483. The van der Waals surface area contributed by atoms with Crippen LogP contribution >= 0.6 is 0 Å². The van der Waals surface area contributed by atoms with Gasteiger partial charge in [-0.2, -0.15) is 0 Å². The van der Waals surface area contributed by atoms with E-state index < -0.39 is 0 Å². The van der Waals surface area contributed by atoms with Gasteiger partial charge in [-0.05, 0) is 106 Å². The molecule has 0 saturated carbocycles. The van der Waals surface area contributed by atoms with E-state index in [9.17, 15) is 0 Å². The maximum Gasteiger partial charge on any atom is 0.129 e. The highest BCUT2D eigenvalue weighted by atomic mass is 16.5. The predicted octanol–water partition coefficient (Wildman–Crippen LogP) is 15.8. The van der Waals surface area contributed by atoms with Crippen LogP contribution in [0.5, 0.6) is 11.5 Å². The molecule has 9 aromatic carbocycles. The lowest BCUT2D eigenvalue weighted by atomic mass is 9.81. The van der Waals surface area contributed by atoms with Crippen molar-refractivity contribution < 1.29 is 4.74 Å². The van der Waals surface area contributed by atoms with Gasteiger partial charge in [0.2, 0.25) is 0 Å². The molecule has 0 unspecified atom stereocenters. The minimum atomic E-state index is -0.214. The van der Waals surface area contributed by atoms with E-state index in [1.807, 2.05) is 36.4 Å². The molecule has 0 bridgehead atoms. The molecule has 2 aliphatic rings. The van der Waals surface area contributed by atoms with E-state index in [4.69, 9.17) is 4.74 Å². The molecule has 11 rings (SSSR count). The number of ether oxygens (including phenoxy) is 1. The SMILES string of the molecule is CC1(C)c2ccccc2-c2c1ccc(N(c1cccc(Oc3ccccc3)c1)c1cccc(-c3ccccc3)c1)c2-c1cccc2c1N(c1ccccc1)CN2c1ccccc1. The summed E-state index contributed by atoms with van der Waals surface area (Å²) in [5, 5.41) is 0. The molecule has 0 atom stereocenters. The summed E-state index contributed by atoms with van der Waals surface area (Å²) in [4.78, 5) is 7.36. The number of anilines is 7. The van der Waals surface area contributed by atoms with Crippen molar-refractivity contribution in [3.05, 3.63) is 236 Å². The van der Waals surface area contributed by atoms with Crippen LogP contribution < -0.4 is 19.4 Å². The predicted molar refractivity (Wildman–Crippen MR) is 258 cm³/mol. The molecule has 0 spiro atoms. The van der Waals surface area contributed by atoms with Crippen molar-refractivity contribution in [1.29, 1.82) is 0 Å². The van der Waals surface area contributed by atoms with Crippen LogP contribution in [-0.4, -0.2) is 6.67 Å². The fourth-order valence-electron chi connectivity index (χ4n) is 9.61. The van der Waals surface area contributed by atoms with Gasteiger partial charge in [-0.3, -0.25) is 0 Å². The minimum absolute atomic E-state index is 0.214. The molecule has 1 heterocycles. The summed E-state index contributed by atoms with van der Waals surface area (Å²) in [7, 11) is 0. The summed E-state index contributed by atoms with van der Waals surface area (Å²) >= 11 is 0. The maximum absolute atomic E-state index is 6.54. The van der Waals surface area contributed by atoms with Gasteiger partial charge in [0.25, 0.3) is 0 Å². The molecular formula is C58H45N3O. The molecule has 1 aliphatic heterocycles. The molecule has 298 valence electrons. The number of benzene rings is 9. The van der Waals surface area contributed by atoms with Crippen LogP contribution in [0.1, 0.15) is 25.0 Å². The highest BCUT2D eigenvalue weighted by Gasteiger charge is 2.40. The zero-order chi connectivity index (χ0) is 41.6. The Morgan fingerprint density at radius 1 is 0.435 bits per heavy atom. The van der Waals surface area contributed by atoms with E-state index in [1.54, 1.807) is 0 Å². The summed E-state index contributed by atoms with van der Waals surface area (Å²) in [5.74, 6) is 1.56. The molecule has 4 nitrogen and oxygen atoms in total. The third-order valence-corrected chi connectivity index (χ3v) is 12.5. The van der Waals surface area contributed by atoms with E-state index in [2.05, 4.69) is 217 Å². The standard InChI is InChI=1S/C58H45N3O/c1-58(2)51-34-16-15-32-49(51)55-52(58)36-37-53(56(55)50-33-19-35-54-57(50)60(44-25-11-5-12-26-44)40-59(54)43-23-9-4-10-24-43)61(45-27-17-22-42(38-45)41-20-7-3-8-21-41)46-28-18-31-48(39-46)62-47-29-13-6-14-30-47/h3-39H,40H2,1-2H3. The summed E-state index contributed by atoms with van der Waals surface area (Å²) in [5.41, 5.74) is 17.4. The van der Waals surface area contributed by atoms with Crippen LogP contribution in [0.2, 0.25) is 0 Å². The van der Waals surface area contributed by atoms with E-state index in [-0.39, 0.29) is 5.41 Å². The monoisotopic (exact) mass is 799 g/mol. The quantitative estimate of drug-likeness (QED) is 0.145. The van der Waals surface area contributed by atoms with Crippen LogP contribution in [0.25, 0.3) is 33.4 Å². The van der Waals surface area contributed by atoms with E-state index in [0.717, 1.165) is 45.5 Å². The van der Waals surface area contributed by atoms with Gasteiger partial charge in [0.05, 0.1) is 17.1 Å². The third kappa shape index (κ3) is 6.40. The highest BCUT2D eigenvalue weighted by Crippen LogP contribution is 2.59. The second kappa shape index (κ2) is 15.3. The zero-order valence-corrected chi connectivity index (χ0v) is 34.8. The molecule has 9 aromatic rings. The highest BCUT2D eigenvalue weighted by molar-refractivity contribution is 6.08. The average Bonchev–Trinajstić information content (AvgIpc) is 3.83. The first-order valence-electron chi connectivity index (χ1n) is 21.4. The number of fused-ring (bicyclic) bond motifs is 4. The van der Waals surface area contributed by atoms with Crippen molar-refractivity contribution in [1.82, 2.24) is 0 Å². The van der Waals surface area contributed by atoms with Gasteiger partial charge in [0, 0.05) is 45.4 Å². The summed E-state index contributed by atoms with van der Waals surface area (Å²) < 4.78 is 6.54. The van der Waals surface area contributed by atoms with Gasteiger partial charge >= 0.3 is 0 Å². The lowest BCUT2D eigenvalue weighted by Crippen LogP contribution is -2.24. The topological polar surface area (TPSA) is 19.0 Å². The van der Waals surface area contributed by atoms with E-state index >= 15 is 0 Å². The van der Waals surface area contributed by atoms with E-state index in [0.29, 0.717) is 6.67 Å². The van der Waals surface area contributed by atoms with Crippen molar-refractivity contribution >= 4 is 39.8 Å². The normalized spacial score (nSPS) is 13.3. The zero-order valence-electron chi connectivity index (χ0n) is 34.8. The summed E-state index contributed by atoms with van der Waals surface area (Å²) in [6.45, 7) is 5.42. The number of hydrogen-bond donors (Lipinski definition) is 0. The van der Waals surface area contributed by atoms with E-state index in [1.165, 1.54) is 50.3 Å². The molecule has 0 fully saturated rings. The largest absolute Gasteiger partial charge is 0.457 e. The smallest absolute Gasteiger partial charge is 0.129 e. The Balaban J connectivity index is 1.22. The van der Waals surface area contributed by atoms with Crippen LogP contribution in [0.15, 0.2) is 224 Å². The van der Waals surface area contributed by atoms with Gasteiger partial charge in [0.1, 0.15) is 18.2 Å². The van der Waals surface area contributed by atoms with Crippen molar-refractivity contribution in [3.8, 4) is 44.9 Å². The third-order valence-electron chi connectivity index (χ3n) is 12.5. The molecule has 0 aromatic heterocycles. The lowest BCUT2D eigenvalue weighted by Gasteiger charge is -2.32. The van der Waals surface area contributed by atoms with Crippen LogP contribution in [0.3, 0.4) is 0 Å². The Hall–Kier alpha value is -7.82.